The van der Waals surface area contributed by atoms with Crippen molar-refractivity contribution in [2.24, 2.45) is 10.8 Å². The van der Waals surface area contributed by atoms with Crippen molar-refractivity contribution in [3.05, 3.63) is 105 Å². The average molecular weight is 743 g/mol. The van der Waals surface area contributed by atoms with Gasteiger partial charge in [-0.05, 0) is 145 Å². The molecule has 3 aromatic rings. The van der Waals surface area contributed by atoms with E-state index < -0.39 is 0 Å². The maximum absolute atomic E-state index is 14.7. The van der Waals surface area contributed by atoms with Crippen molar-refractivity contribution >= 4 is 23.6 Å². The molecule has 0 bridgehead atoms. The van der Waals surface area contributed by atoms with E-state index in [1.165, 1.54) is 21.9 Å². The van der Waals surface area contributed by atoms with E-state index in [0.717, 1.165) is 91.2 Å². The molecule has 1 heterocycles. The summed E-state index contributed by atoms with van der Waals surface area (Å²) in [5.41, 5.74) is 8.18. The van der Waals surface area contributed by atoms with Crippen LogP contribution in [0.15, 0.2) is 60.7 Å². The number of hydrogen-bond donors (Lipinski definition) is 1. The van der Waals surface area contributed by atoms with E-state index in [2.05, 4.69) is 108 Å². The van der Waals surface area contributed by atoms with Crippen molar-refractivity contribution in [3.8, 4) is 11.5 Å². The minimum absolute atomic E-state index is 0.0131. The molecule has 2 amide bonds. The molecular weight excluding hydrogens is 681 g/mol. The number of carbonyl (C=O) groups is 2. The van der Waals surface area contributed by atoms with Gasteiger partial charge in [-0.3, -0.25) is 4.79 Å². The van der Waals surface area contributed by atoms with Crippen molar-refractivity contribution < 1.29 is 19.1 Å². The minimum Gasteiger partial charge on any atom is -0.456 e. The van der Waals surface area contributed by atoms with Gasteiger partial charge < -0.3 is 19.7 Å². The highest BCUT2D eigenvalue weighted by Gasteiger charge is 2.34. The number of alkyl carbamates (subject to hydrolysis) is 1. The maximum atomic E-state index is 14.7. The third-order valence-electron chi connectivity index (χ3n) is 12.2. The molecule has 0 aromatic heterocycles. The first kappa shape index (κ1) is 38.9. The Morgan fingerprint density at radius 1 is 0.891 bits per heavy atom. The van der Waals surface area contributed by atoms with Gasteiger partial charge >= 0.3 is 6.09 Å². The van der Waals surface area contributed by atoms with Crippen LogP contribution in [0.5, 0.6) is 11.5 Å². The fraction of sp³-hybridized carbons (Fsp3) is 0.510. The van der Waals surface area contributed by atoms with Crippen LogP contribution in [0.25, 0.3) is 11.6 Å². The van der Waals surface area contributed by atoms with Crippen molar-refractivity contribution in [1.82, 2.24) is 10.2 Å². The molecule has 3 unspecified atom stereocenters. The zero-order chi connectivity index (χ0) is 38.9. The molecule has 292 valence electrons. The zero-order valence-corrected chi connectivity index (χ0v) is 34.4. The zero-order valence-electron chi connectivity index (χ0n) is 34.4. The van der Waals surface area contributed by atoms with Gasteiger partial charge in [0.05, 0.1) is 0 Å². The lowest BCUT2D eigenvalue weighted by Gasteiger charge is -2.37. The molecule has 0 saturated carbocycles. The summed E-state index contributed by atoms with van der Waals surface area (Å²) >= 11 is 0. The van der Waals surface area contributed by atoms with Crippen LogP contribution < -0.4 is 20.5 Å². The van der Waals surface area contributed by atoms with E-state index in [-0.39, 0.29) is 28.9 Å². The smallest absolute Gasteiger partial charge is 0.407 e. The number of nitrogens with zero attached hydrogens (tertiary/aromatic N) is 1. The summed E-state index contributed by atoms with van der Waals surface area (Å²) in [7, 11) is 0. The predicted octanol–water partition coefficient (Wildman–Crippen LogP) is 10.3. The number of allylic oxidation sites excluding steroid dienone is 2. The second kappa shape index (κ2) is 16.0. The average Bonchev–Trinajstić information content (AvgIpc) is 3.10. The normalized spacial score (nSPS) is 22.5. The van der Waals surface area contributed by atoms with Gasteiger partial charge in [0, 0.05) is 41.6 Å². The topological polar surface area (TPSA) is 67.9 Å². The van der Waals surface area contributed by atoms with Crippen molar-refractivity contribution in [1.29, 1.82) is 0 Å². The van der Waals surface area contributed by atoms with Crippen LogP contribution in [-0.4, -0.2) is 42.6 Å². The molecular formula is C49H62N2O4. The van der Waals surface area contributed by atoms with E-state index in [1.807, 2.05) is 17.0 Å². The van der Waals surface area contributed by atoms with E-state index in [0.29, 0.717) is 43.5 Å². The predicted molar refractivity (Wildman–Crippen MR) is 223 cm³/mol. The molecule has 0 radical (unpaired) electrons. The summed E-state index contributed by atoms with van der Waals surface area (Å²) in [6, 6.07) is 17.4. The Morgan fingerprint density at radius 2 is 1.67 bits per heavy atom. The van der Waals surface area contributed by atoms with Gasteiger partial charge in [-0.25, -0.2) is 4.79 Å². The monoisotopic (exact) mass is 742 g/mol. The standard InChI is InChI=1S/C49H62N2O4/c1-8-22-51(23-16-21-50-47(53)54-36-17-12-10-9-11-13-18-36)46(52)38-20-15-14-19-37(38)45-41-26-39-32(2)28-48(4,5)30-34(39)24-43(41)55-44-25-35-31-49(6,7)29-33(3)40(35)27-42(44)45/h9-10,14-15,19-20,24-27,30,32-33,36H,8,11-13,16-18,21-23,28-29,31H2,1-7H3,(H,50,53)/b10-9+. The number of fused-ring (bicyclic) bond motifs is 4. The van der Waals surface area contributed by atoms with E-state index in [9.17, 15) is 9.59 Å². The fourth-order valence-electron chi connectivity index (χ4n) is 9.97. The maximum Gasteiger partial charge on any atom is 0.407 e. The molecule has 3 atom stereocenters. The van der Waals surface area contributed by atoms with E-state index in [1.54, 1.807) is 0 Å². The first-order valence-corrected chi connectivity index (χ1v) is 21.1. The second-order valence-electron chi connectivity index (χ2n) is 18.3. The molecule has 7 rings (SSSR count). The third-order valence-corrected chi connectivity index (χ3v) is 12.2. The van der Waals surface area contributed by atoms with Crippen molar-refractivity contribution in [3.63, 3.8) is 0 Å². The Bertz CT molecular complexity index is 2090. The highest BCUT2D eigenvalue weighted by Crippen LogP contribution is 2.47. The molecule has 1 N–H and O–H groups in total. The molecule has 4 aliphatic rings. The van der Waals surface area contributed by atoms with Gasteiger partial charge in [-0.1, -0.05) is 84.9 Å². The summed E-state index contributed by atoms with van der Waals surface area (Å²) in [5, 5.41) is 5.26. The van der Waals surface area contributed by atoms with Crippen molar-refractivity contribution in [2.75, 3.05) is 19.6 Å². The molecule has 1 aliphatic heterocycles. The van der Waals surface area contributed by atoms with Gasteiger partial charge in [-0.15, -0.1) is 0 Å². The lowest BCUT2D eigenvalue weighted by molar-refractivity contribution is 0.0750. The Balaban J connectivity index is 1.23. The SMILES string of the molecule is CCCN(CCCNC(=O)OC1CC/C=C/CCC1)C(=O)c1ccccc1C1=c2cc3c(cc2Oc2cc4c(cc21)C(C)CC(C)(C)C4)=CC(C)(C)CC3C. The molecule has 55 heavy (non-hydrogen) atoms. The van der Waals surface area contributed by atoms with E-state index in [4.69, 9.17) is 9.47 Å². The van der Waals surface area contributed by atoms with Gasteiger partial charge in [0.25, 0.3) is 5.91 Å². The van der Waals surface area contributed by atoms with Crippen LogP contribution in [0.1, 0.15) is 156 Å². The van der Waals surface area contributed by atoms with Crippen LogP contribution >= 0.6 is 0 Å². The summed E-state index contributed by atoms with van der Waals surface area (Å²) in [5.74, 6) is 2.55. The third kappa shape index (κ3) is 8.59. The molecule has 0 fully saturated rings. The summed E-state index contributed by atoms with van der Waals surface area (Å²) in [4.78, 5) is 29.4. The van der Waals surface area contributed by atoms with Crippen LogP contribution in [0, 0.1) is 10.8 Å². The number of hydrogen-bond acceptors (Lipinski definition) is 4. The van der Waals surface area contributed by atoms with Crippen LogP contribution in [-0.2, 0) is 11.2 Å². The summed E-state index contributed by atoms with van der Waals surface area (Å²) < 4.78 is 12.7. The van der Waals surface area contributed by atoms with Crippen LogP contribution in [0.2, 0.25) is 0 Å². The van der Waals surface area contributed by atoms with Gasteiger partial charge in [0.1, 0.15) is 17.6 Å². The molecule has 3 aromatic carbocycles. The number of ether oxygens (including phenoxy) is 2. The number of nitrogens with one attached hydrogen (secondary N) is 1. The molecule has 6 heteroatoms. The Kier molecular flexibility index (Phi) is 11.4. The number of amides is 2. The van der Waals surface area contributed by atoms with Crippen LogP contribution in [0.4, 0.5) is 4.79 Å². The number of carbonyl (C=O) groups excluding carboxylic acids is 2. The highest BCUT2D eigenvalue weighted by atomic mass is 16.6. The number of rotatable bonds is 9. The lowest BCUT2D eigenvalue weighted by Crippen LogP contribution is -2.36. The minimum atomic E-state index is -0.362. The van der Waals surface area contributed by atoms with Crippen LogP contribution in [0.3, 0.4) is 0 Å². The first-order valence-electron chi connectivity index (χ1n) is 21.1. The summed E-state index contributed by atoms with van der Waals surface area (Å²) in [6.45, 7) is 17.8. The van der Waals surface area contributed by atoms with Gasteiger partial charge in [0.2, 0.25) is 0 Å². The molecule has 0 spiro atoms. The van der Waals surface area contributed by atoms with Gasteiger partial charge in [0.15, 0.2) is 0 Å². The van der Waals surface area contributed by atoms with Gasteiger partial charge in [-0.2, -0.15) is 0 Å². The highest BCUT2D eigenvalue weighted by molar-refractivity contribution is 6.02. The van der Waals surface area contributed by atoms with Crippen molar-refractivity contribution in [2.45, 2.75) is 131 Å². The molecule has 3 aliphatic carbocycles. The Labute approximate surface area is 329 Å². The summed E-state index contributed by atoms with van der Waals surface area (Å²) in [6.07, 6.45) is 15.9. The lowest BCUT2D eigenvalue weighted by atomic mass is 9.69. The first-order chi connectivity index (χ1) is 26.3. The molecule has 6 nitrogen and oxygen atoms in total. The fourth-order valence-corrected chi connectivity index (χ4v) is 9.97. The molecule has 0 saturated heterocycles. The Morgan fingerprint density at radius 3 is 2.49 bits per heavy atom. The second-order valence-corrected chi connectivity index (χ2v) is 18.3. The van der Waals surface area contributed by atoms with E-state index >= 15 is 0 Å². The largest absolute Gasteiger partial charge is 0.456 e. The number of benzene rings is 3. The Hall–Kier alpha value is -4.32. The quantitative estimate of drug-likeness (QED) is 0.137.